The molecule has 0 aliphatic heterocycles. The summed E-state index contributed by atoms with van der Waals surface area (Å²) in [6.07, 6.45) is 6.57. The smallest absolute Gasteiger partial charge is 0.0767 e. The molecule has 0 atom stereocenters. The van der Waals surface area contributed by atoms with E-state index in [2.05, 4.69) is 19.2 Å². The van der Waals surface area contributed by atoms with Crippen molar-refractivity contribution in [3.63, 3.8) is 0 Å². The lowest BCUT2D eigenvalue weighted by Crippen LogP contribution is -2.59. The first-order valence-corrected chi connectivity index (χ1v) is 5.83. The zero-order valence-corrected chi connectivity index (χ0v) is 10.1. The van der Waals surface area contributed by atoms with E-state index in [-0.39, 0.29) is 5.54 Å². The summed E-state index contributed by atoms with van der Waals surface area (Å²) < 4.78 is 0. The van der Waals surface area contributed by atoms with Gasteiger partial charge in [0.1, 0.15) is 0 Å². The predicted octanol–water partition coefficient (Wildman–Crippen LogP) is 2.46. The highest BCUT2D eigenvalue weighted by molar-refractivity contribution is 4.95. The Morgan fingerprint density at radius 1 is 1.00 bits per heavy atom. The molecule has 0 unspecified atom stereocenters. The molecule has 1 aliphatic rings. The summed E-state index contributed by atoms with van der Waals surface area (Å²) >= 11 is 0. The molecule has 0 amide bonds. The Bertz CT molecular complexity index is 175. The van der Waals surface area contributed by atoms with E-state index in [1.54, 1.807) is 0 Å². The normalized spacial score (nSPS) is 21.2. The van der Waals surface area contributed by atoms with Gasteiger partial charge in [-0.15, -0.1) is 0 Å². The van der Waals surface area contributed by atoms with Crippen molar-refractivity contribution in [3.05, 3.63) is 0 Å². The van der Waals surface area contributed by atoms with Crippen LogP contribution < -0.4 is 5.32 Å². The van der Waals surface area contributed by atoms with E-state index in [0.717, 1.165) is 0 Å². The fourth-order valence-corrected chi connectivity index (χ4v) is 1.93. The summed E-state index contributed by atoms with van der Waals surface area (Å²) in [6, 6.07) is 0.602. The predicted molar refractivity (Wildman–Crippen MR) is 60.4 cm³/mol. The van der Waals surface area contributed by atoms with Crippen LogP contribution in [-0.4, -0.2) is 22.3 Å². The summed E-state index contributed by atoms with van der Waals surface area (Å²) in [6.45, 7) is 7.93. The van der Waals surface area contributed by atoms with Crippen LogP contribution in [0.15, 0.2) is 0 Å². The average molecular weight is 199 g/mol. The van der Waals surface area contributed by atoms with Crippen molar-refractivity contribution in [3.8, 4) is 0 Å². The van der Waals surface area contributed by atoms with E-state index in [9.17, 15) is 5.11 Å². The minimum atomic E-state index is -0.662. The second-order valence-corrected chi connectivity index (χ2v) is 5.66. The first-order valence-electron chi connectivity index (χ1n) is 5.83. The summed E-state index contributed by atoms with van der Waals surface area (Å²) in [5.41, 5.74) is -0.862. The van der Waals surface area contributed by atoms with Crippen LogP contribution in [-0.2, 0) is 0 Å². The molecular formula is C12H25NO. The summed E-state index contributed by atoms with van der Waals surface area (Å²) in [5, 5.41) is 13.6. The Hall–Kier alpha value is -0.0800. The van der Waals surface area contributed by atoms with Gasteiger partial charge in [0.05, 0.1) is 5.60 Å². The standard InChI is InChI=1S/C12H25NO/c1-11(2,12(3,4)14)13-10-8-6-5-7-9-10/h10,13-14H,5-9H2,1-4H3. The van der Waals surface area contributed by atoms with Crippen molar-refractivity contribution in [1.82, 2.24) is 5.32 Å². The molecule has 2 heteroatoms. The van der Waals surface area contributed by atoms with Crippen molar-refractivity contribution in [1.29, 1.82) is 0 Å². The highest BCUT2D eigenvalue weighted by Crippen LogP contribution is 2.25. The molecule has 0 spiro atoms. The van der Waals surface area contributed by atoms with E-state index in [1.807, 2.05) is 13.8 Å². The Balaban J connectivity index is 2.49. The minimum absolute atomic E-state index is 0.199. The van der Waals surface area contributed by atoms with Crippen molar-refractivity contribution in [2.24, 2.45) is 0 Å². The van der Waals surface area contributed by atoms with Gasteiger partial charge in [-0.2, -0.15) is 0 Å². The zero-order chi connectivity index (χ0) is 10.8. The lowest BCUT2D eigenvalue weighted by Gasteiger charge is -2.42. The minimum Gasteiger partial charge on any atom is -0.389 e. The van der Waals surface area contributed by atoms with Gasteiger partial charge in [0.15, 0.2) is 0 Å². The van der Waals surface area contributed by atoms with Gasteiger partial charge in [-0.3, -0.25) is 0 Å². The highest BCUT2D eigenvalue weighted by atomic mass is 16.3. The molecular weight excluding hydrogens is 174 g/mol. The molecule has 0 radical (unpaired) electrons. The fraction of sp³-hybridized carbons (Fsp3) is 1.00. The van der Waals surface area contributed by atoms with Crippen molar-refractivity contribution >= 4 is 0 Å². The van der Waals surface area contributed by atoms with Crippen LogP contribution in [0.5, 0.6) is 0 Å². The van der Waals surface area contributed by atoms with Gasteiger partial charge in [0, 0.05) is 11.6 Å². The van der Waals surface area contributed by atoms with E-state index in [4.69, 9.17) is 0 Å². The first-order chi connectivity index (χ1) is 6.33. The summed E-state index contributed by atoms with van der Waals surface area (Å²) in [7, 11) is 0. The van der Waals surface area contributed by atoms with E-state index in [1.165, 1.54) is 32.1 Å². The maximum atomic E-state index is 10.0. The number of aliphatic hydroxyl groups is 1. The Morgan fingerprint density at radius 2 is 1.50 bits per heavy atom. The molecule has 0 aromatic carbocycles. The van der Waals surface area contributed by atoms with Gasteiger partial charge < -0.3 is 10.4 Å². The van der Waals surface area contributed by atoms with Crippen LogP contribution in [0.4, 0.5) is 0 Å². The monoisotopic (exact) mass is 199 g/mol. The number of rotatable bonds is 3. The van der Waals surface area contributed by atoms with E-state index < -0.39 is 5.60 Å². The van der Waals surface area contributed by atoms with Gasteiger partial charge in [-0.05, 0) is 40.5 Å². The van der Waals surface area contributed by atoms with Crippen molar-refractivity contribution < 1.29 is 5.11 Å². The molecule has 2 N–H and O–H groups in total. The van der Waals surface area contributed by atoms with E-state index in [0.29, 0.717) is 6.04 Å². The molecule has 0 aromatic heterocycles. The largest absolute Gasteiger partial charge is 0.389 e. The van der Waals surface area contributed by atoms with Gasteiger partial charge in [-0.25, -0.2) is 0 Å². The summed E-state index contributed by atoms with van der Waals surface area (Å²) in [4.78, 5) is 0. The van der Waals surface area contributed by atoms with Crippen LogP contribution in [0.25, 0.3) is 0 Å². The molecule has 0 aromatic rings. The number of hydrogen-bond donors (Lipinski definition) is 2. The maximum Gasteiger partial charge on any atom is 0.0767 e. The molecule has 1 saturated carbocycles. The second kappa shape index (κ2) is 4.19. The molecule has 0 bridgehead atoms. The molecule has 0 heterocycles. The summed E-state index contributed by atoms with van der Waals surface area (Å²) in [5.74, 6) is 0. The quantitative estimate of drug-likeness (QED) is 0.732. The van der Waals surface area contributed by atoms with Gasteiger partial charge in [0.2, 0.25) is 0 Å². The molecule has 84 valence electrons. The Kier molecular flexibility index (Phi) is 3.59. The average Bonchev–Trinajstić information content (AvgIpc) is 2.03. The van der Waals surface area contributed by atoms with Crippen molar-refractivity contribution in [2.45, 2.75) is 77.0 Å². The highest BCUT2D eigenvalue weighted by Gasteiger charge is 2.36. The molecule has 0 saturated heterocycles. The van der Waals surface area contributed by atoms with Gasteiger partial charge in [-0.1, -0.05) is 19.3 Å². The number of nitrogens with one attached hydrogen (secondary N) is 1. The molecule has 1 fully saturated rings. The van der Waals surface area contributed by atoms with Crippen molar-refractivity contribution in [2.75, 3.05) is 0 Å². The molecule has 1 rings (SSSR count). The molecule has 14 heavy (non-hydrogen) atoms. The van der Waals surface area contributed by atoms with Gasteiger partial charge >= 0.3 is 0 Å². The van der Waals surface area contributed by atoms with Crippen LogP contribution in [0.2, 0.25) is 0 Å². The third-order valence-electron chi connectivity index (χ3n) is 3.70. The lowest BCUT2D eigenvalue weighted by atomic mass is 9.83. The number of hydrogen-bond acceptors (Lipinski definition) is 2. The van der Waals surface area contributed by atoms with Crippen LogP contribution in [0.1, 0.15) is 59.8 Å². The van der Waals surface area contributed by atoms with Crippen LogP contribution >= 0.6 is 0 Å². The van der Waals surface area contributed by atoms with E-state index >= 15 is 0 Å². The Labute approximate surface area is 88.1 Å². The topological polar surface area (TPSA) is 32.3 Å². The maximum absolute atomic E-state index is 10.0. The van der Waals surface area contributed by atoms with Crippen LogP contribution in [0, 0.1) is 0 Å². The first kappa shape index (κ1) is 12.0. The third-order valence-corrected chi connectivity index (χ3v) is 3.70. The molecule has 1 aliphatic carbocycles. The lowest BCUT2D eigenvalue weighted by molar-refractivity contribution is -0.0121. The second-order valence-electron chi connectivity index (χ2n) is 5.66. The van der Waals surface area contributed by atoms with Gasteiger partial charge in [0.25, 0.3) is 0 Å². The third kappa shape index (κ3) is 2.96. The van der Waals surface area contributed by atoms with Crippen LogP contribution in [0.3, 0.4) is 0 Å². The zero-order valence-electron chi connectivity index (χ0n) is 10.1. The fourth-order valence-electron chi connectivity index (χ4n) is 1.93. The Morgan fingerprint density at radius 3 is 1.93 bits per heavy atom. The SMILES string of the molecule is CC(C)(O)C(C)(C)NC1CCCCC1. The molecule has 2 nitrogen and oxygen atoms in total.